The van der Waals surface area contributed by atoms with Crippen molar-refractivity contribution in [2.75, 3.05) is 0 Å². The SMILES string of the molecule is N=C(N)c1cccc(OCc2ccsc2)c1. The number of nitrogen functional groups attached to an aromatic ring is 1. The first-order valence-electron chi connectivity index (χ1n) is 4.84. The third-order valence-electron chi connectivity index (χ3n) is 2.13. The molecule has 0 fully saturated rings. The van der Waals surface area contributed by atoms with Gasteiger partial charge in [-0.25, -0.2) is 0 Å². The highest BCUT2D eigenvalue weighted by Crippen LogP contribution is 2.15. The molecule has 16 heavy (non-hydrogen) atoms. The van der Waals surface area contributed by atoms with Crippen LogP contribution in [-0.4, -0.2) is 5.84 Å². The van der Waals surface area contributed by atoms with Crippen molar-refractivity contribution in [2.24, 2.45) is 5.73 Å². The third kappa shape index (κ3) is 2.61. The van der Waals surface area contributed by atoms with Crippen LogP contribution < -0.4 is 10.5 Å². The minimum absolute atomic E-state index is 0.0565. The lowest BCUT2D eigenvalue weighted by Gasteiger charge is -2.06. The molecule has 82 valence electrons. The number of ether oxygens (including phenoxy) is 1. The Morgan fingerprint density at radius 1 is 1.38 bits per heavy atom. The van der Waals surface area contributed by atoms with E-state index in [1.165, 1.54) is 0 Å². The van der Waals surface area contributed by atoms with Gasteiger partial charge in [0.15, 0.2) is 0 Å². The van der Waals surface area contributed by atoms with Crippen molar-refractivity contribution < 1.29 is 4.74 Å². The quantitative estimate of drug-likeness (QED) is 0.629. The summed E-state index contributed by atoms with van der Waals surface area (Å²) in [5.41, 5.74) is 7.24. The van der Waals surface area contributed by atoms with E-state index in [4.69, 9.17) is 15.9 Å². The van der Waals surface area contributed by atoms with Gasteiger partial charge in [0.25, 0.3) is 0 Å². The number of amidine groups is 1. The van der Waals surface area contributed by atoms with Crippen LogP contribution in [0.4, 0.5) is 0 Å². The highest BCUT2D eigenvalue weighted by Gasteiger charge is 2.00. The Hall–Kier alpha value is -1.81. The fourth-order valence-corrected chi connectivity index (χ4v) is 1.95. The zero-order chi connectivity index (χ0) is 11.4. The van der Waals surface area contributed by atoms with Crippen molar-refractivity contribution in [3.8, 4) is 5.75 Å². The van der Waals surface area contributed by atoms with E-state index in [2.05, 4.69) is 5.38 Å². The summed E-state index contributed by atoms with van der Waals surface area (Å²) >= 11 is 1.65. The molecule has 0 bridgehead atoms. The number of benzene rings is 1. The summed E-state index contributed by atoms with van der Waals surface area (Å²) in [6, 6.07) is 9.28. The zero-order valence-electron chi connectivity index (χ0n) is 8.64. The normalized spacial score (nSPS) is 10.0. The monoisotopic (exact) mass is 232 g/mol. The molecule has 1 aromatic heterocycles. The van der Waals surface area contributed by atoms with Crippen molar-refractivity contribution in [3.63, 3.8) is 0 Å². The Labute approximate surface area is 98.0 Å². The Kier molecular flexibility index (Phi) is 3.22. The molecule has 0 saturated heterocycles. The number of hydrogen-bond donors (Lipinski definition) is 2. The molecule has 0 aliphatic carbocycles. The number of hydrogen-bond acceptors (Lipinski definition) is 3. The second kappa shape index (κ2) is 4.81. The molecule has 0 amide bonds. The minimum Gasteiger partial charge on any atom is -0.489 e. The standard InChI is InChI=1S/C12H12N2OS/c13-12(14)10-2-1-3-11(6-10)15-7-9-4-5-16-8-9/h1-6,8H,7H2,(H3,13,14). The molecule has 0 radical (unpaired) electrons. The maximum atomic E-state index is 7.33. The highest BCUT2D eigenvalue weighted by molar-refractivity contribution is 7.07. The second-order valence-corrected chi connectivity index (χ2v) is 4.14. The minimum atomic E-state index is 0.0565. The van der Waals surface area contributed by atoms with Crippen molar-refractivity contribution in [3.05, 3.63) is 52.2 Å². The summed E-state index contributed by atoms with van der Waals surface area (Å²) in [6.07, 6.45) is 0. The van der Waals surface area contributed by atoms with Crippen LogP contribution in [-0.2, 0) is 6.61 Å². The van der Waals surface area contributed by atoms with Gasteiger partial charge in [0.1, 0.15) is 18.2 Å². The van der Waals surface area contributed by atoms with E-state index in [9.17, 15) is 0 Å². The maximum absolute atomic E-state index is 7.33. The first-order valence-corrected chi connectivity index (χ1v) is 5.78. The third-order valence-corrected chi connectivity index (χ3v) is 2.86. The summed E-state index contributed by atoms with van der Waals surface area (Å²) in [6.45, 7) is 0.546. The molecule has 1 heterocycles. The molecule has 0 aliphatic heterocycles. The predicted molar refractivity (Wildman–Crippen MR) is 66.1 cm³/mol. The van der Waals surface area contributed by atoms with Gasteiger partial charge in [-0.2, -0.15) is 11.3 Å². The molecule has 1 aromatic carbocycles. The summed E-state index contributed by atoms with van der Waals surface area (Å²) in [5.74, 6) is 0.792. The average Bonchev–Trinajstić information content (AvgIpc) is 2.79. The molecule has 0 unspecified atom stereocenters. The molecule has 4 heteroatoms. The first kappa shape index (κ1) is 10.7. The van der Waals surface area contributed by atoms with Crippen LogP contribution in [0.5, 0.6) is 5.75 Å². The van der Waals surface area contributed by atoms with Crippen molar-refractivity contribution in [2.45, 2.75) is 6.61 Å². The van der Waals surface area contributed by atoms with Gasteiger partial charge in [-0.05, 0) is 34.5 Å². The molecule has 2 aromatic rings. The van der Waals surface area contributed by atoms with E-state index in [1.807, 2.05) is 23.6 Å². The molecule has 0 aliphatic rings. The lowest BCUT2D eigenvalue weighted by molar-refractivity contribution is 0.306. The van der Waals surface area contributed by atoms with Gasteiger partial charge in [-0.1, -0.05) is 12.1 Å². The van der Waals surface area contributed by atoms with Crippen LogP contribution >= 0.6 is 11.3 Å². The summed E-state index contributed by atoms with van der Waals surface area (Å²) in [4.78, 5) is 0. The van der Waals surface area contributed by atoms with Crippen LogP contribution in [0.15, 0.2) is 41.1 Å². The van der Waals surface area contributed by atoms with E-state index in [-0.39, 0.29) is 5.84 Å². The van der Waals surface area contributed by atoms with Crippen molar-refractivity contribution in [1.82, 2.24) is 0 Å². The van der Waals surface area contributed by atoms with E-state index in [0.29, 0.717) is 12.2 Å². The van der Waals surface area contributed by atoms with E-state index in [0.717, 1.165) is 11.3 Å². The lowest BCUT2D eigenvalue weighted by atomic mass is 10.2. The molecule has 0 spiro atoms. The highest BCUT2D eigenvalue weighted by atomic mass is 32.1. The molecule has 2 rings (SSSR count). The average molecular weight is 232 g/mol. The fourth-order valence-electron chi connectivity index (χ4n) is 1.29. The fraction of sp³-hybridized carbons (Fsp3) is 0.0833. The number of thiophene rings is 1. The number of rotatable bonds is 4. The number of nitrogens with two attached hydrogens (primary N) is 1. The zero-order valence-corrected chi connectivity index (χ0v) is 9.46. The molecular weight excluding hydrogens is 220 g/mol. The van der Waals surface area contributed by atoms with Gasteiger partial charge in [-0.3, -0.25) is 5.41 Å². The van der Waals surface area contributed by atoms with Gasteiger partial charge < -0.3 is 10.5 Å². The van der Waals surface area contributed by atoms with E-state index in [1.54, 1.807) is 23.5 Å². The predicted octanol–water partition coefficient (Wildman–Crippen LogP) is 2.61. The molecule has 0 saturated carbocycles. The van der Waals surface area contributed by atoms with Gasteiger partial charge in [-0.15, -0.1) is 0 Å². The second-order valence-electron chi connectivity index (χ2n) is 3.36. The van der Waals surface area contributed by atoms with Crippen LogP contribution in [0.25, 0.3) is 0 Å². The largest absolute Gasteiger partial charge is 0.489 e. The molecule has 3 N–H and O–H groups in total. The Balaban J connectivity index is 2.04. The Morgan fingerprint density at radius 2 is 2.25 bits per heavy atom. The van der Waals surface area contributed by atoms with Crippen LogP contribution in [0, 0.1) is 5.41 Å². The summed E-state index contributed by atoms with van der Waals surface area (Å²) < 4.78 is 5.60. The van der Waals surface area contributed by atoms with E-state index < -0.39 is 0 Å². The topological polar surface area (TPSA) is 59.1 Å². The number of nitrogens with one attached hydrogen (secondary N) is 1. The Morgan fingerprint density at radius 3 is 2.94 bits per heavy atom. The Bertz CT molecular complexity index is 480. The first-order chi connectivity index (χ1) is 7.75. The molecule has 0 atom stereocenters. The van der Waals surface area contributed by atoms with Crippen molar-refractivity contribution >= 4 is 17.2 Å². The van der Waals surface area contributed by atoms with E-state index >= 15 is 0 Å². The van der Waals surface area contributed by atoms with Crippen LogP contribution in [0.3, 0.4) is 0 Å². The molecular formula is C12H12N2OS. The summed E-state index contributed by atoms with van der Waals surface area (Å²) in [5, 5.41) is 11.4. The van der Waals surface area contributed by atoms with Gasteiger partial charge in [0.05, 0.1) is 0 Å². The summed E-state index contributed by atoms with van der Waals surface area (Å²) in [7, 11) is 0. The van der Waals surface area contributed by atoms with Gasteiger partial charge in [0, 0.05) is 5.56 Å². The van der Waals surface area contributed by atoms with Crippen LogP contribution in [0.1, 0.15) is 11.1 Å². The van der Waals surface area contributed by atoms with Gasteiger partial charge in [0.2, 0.25) is 0 Å². The van der Waals surface area contributed by atoms with Gasteiger partial charge >= 0.3 is 0 Å². The smallest absolute Gasteiger partial charge is 0.122 e. The molecule has 3 nitrogen and oxygen atoms in total. The lowest BCUT2D eigenvalue weighted by Crippen LogP contribution is -2.10. The maximum Gasteiger partial charge on any atom is 0.122 e. The van der Waals surface area contributed by atoms with Crippen LogP contribution in [0.2, 0.25) is 0 Å². The van der Waals surface area contributed by atoms with Crippen molar-refractivity contribution in [1.29, 1.82) is 5.41 Å².